The predicted octanol–water partition coefficient (Wildman–Crippen LogP) is 2.16. The molecule has 1 N–H and O–H groups in total. The van der Waals surface area contributed by atoms with Crippen LogP contribution in [-0.2, 0) is 4.79 Å². The normalized spacial score (nSPS) is 19.0. The van der Waals surface area contributed by atoms with Gasteiger partial charge in [-0.2, -0.15) is 0 Å². The minimum atomic E-state index is -0.00817. The molecule has 1 saturated heterocycles. The van der Waals surface area contributed by atoms with E-state index in [0.717, 1.165) is 18.5 Å². The van der Waals surface area contributed by atoms with Crippen molar-refractivity contribution in [3.63, 3.8) is 0 Å². The molecule has 2 rings (SSSR count). The van der Waals surface area contributed by atoms with Crippen LogP contribution in [0.4, 0.5) is 0 Å². The number of aryl methyl sites for hydroxylation is 1. The summed E-state index contributed by atoms with van der Waals surface area (Å²) in [6, 6.07) is 3.72. The number of amides is 2. The number of hydrogen-bond donors (Lipinski definition) is 1. The van der Waals surface area contributed by atoms with Gasteiger partial charge in [0.15, 0.2) is 0 Å². The number of likely N-dealkylation sites (tertiary alicyclic amines) is 1. The smallest absolute Gasteiger partial charge is 0.255 e. The van der Waals surface area contributed by atoms with Gasteiger partial charge in [-0.15, -0.1) is 0 Å². The molecular weight excluding hydrogens is 278 g/mol. The first-order valence-corrected chi connectivity index (χ1v) is 8.01. The number of carbonyl (C=O) groups is 2. The van der Waals surface area contributed by atoms with Crippen LogP contribution >= 0.6 is 0 Å². The maximum atomic E-state index is 12.4. The third kappa shape index (κ3) is 4.29. The van der Waals surface area contributed by atoms with Crippen molar-refractivity contribution in [3.8, 4) is 0 Å². The Hall–Kier alpha value is -1.91. The number of carbonyl (C=O) groups excluding carboxylic acids is 2. The van der Waals surface area contributed by atoms with Crippen LogP contribution in [-0.4, -0.2) is 40.8 Å². The average molecular weight is 303 g/mol. The highest BCUT2D eigenvalue weighted by Crippen LogP contribution is 2.14. The Bertz CT molecular complexity index is 527. The molecule has 1 aliphatic rings. The van der Waals surface area contributed by atoms with Gasteiger partial charge in [-0.25, -0.2) is 0 Å². The van der Waals surface area contributed by atoms with E-state index >= 15 is 0 Å². The van der Waals surface area contributed by atoms with Crippen molar-refractivity contribution in [1.29, 1.82) is 0 Å². The third-order valence-corrected chi connectivity index (χ3v) is 4.23. The van der Waals surface area contributed by atoms with Crippen LogP contribution in [0, 0.1) is 12.8 Å². The summed E-state index contributed by atoms with van der Waals surface area (Å²) in [7, 11) is 0. The number of aromatic nitrogens is 1. The van der Waals surface area contributed by atoms with Gasteiger partial charge in [0, 0.05) is 37.4 Å². The molecule has 0 spiro atoms. The number of hydrogen-bond acceptors (Lipinski definition) is 3. The quantitative estimate of drug-likeness (QED) is 0.906. The van der Waals surface area contributed by atoms with E-state index in [1.165, 1.54) is 0 Å². The van der Waals surface area contributed by atoms with Gasteiger partial charge in [0.2, 0.25) is 5.91 Å². The minimum Gasteiger partial charge on any atom is -0.352 e. The Morgan fingerprint density at radius 1 is 1.45 bits per heavy atom. The molecule has 2 amide bonds. The summed E-state index contributed by atoms with van der Waals surface area (Å²) in [5.41, 5.74) is 1.50. The molecule has 120 valence electrons. The summed E-state index contributed by atoms with van der Waals surface area (Å²) in [6.45, 7) is 7.32. The zero-order valence-corrected chi connectivity index (χ0v) is 13.6. The second-order valence-corrected chi connectivity index (χ2v) is 6.21. The number of nitrogens with one attached hydrogen (secondary N) is 1. The second-order valence-electron chi connectivity index (χ2n) is 6.21. The Kier molecular flexibility index (Phi) is 5.52. The van der Waals surface area contributed by atoms with Crippen molar-refractivity contribution in [2.75, 3.05) is 13.1 Å². The standard InChI is InChI=1S/C17H25N3O2/c1-4-12(2)9-16(21)19-15-7-8-20(11-15)17(22)14-6-5-13(3)18-10-14/h5-6,10,12,15H,4,7-9,11H2,1-3H3,(H,19,21)/t12?,15-/m1/s1. The molecule has 5 heteroatoms. The fraction of sp³-hybridized carbons (Fsp3) is 0.588. The van der Waals surface area contributed by atoms with Gasteiger partial charge in [-0.1, -0.05) is 20.3 Å². The zero-order valence-electron chi connectivity index (χ0n) is 13.6. The van der Waals surface area contributed by atoms with Gasteiger partial charge in [0.05, 0.1) is 5.56 Å². The summed E-state index contributed by atoms with van der Waals surface area (Å²) in [4.78, 5) is 30.3. The van der Waals surface area contributed by atoms with Gasteiger partial charge >= 0.3 is 0 Å². The SMILES string of the molecule is CCC(C)CC(=O)N[C@@H]1CCN(C(=O)c2ccc(C)nc2)C1. The lowest BCUT2D eigenvalue weighted by Crippen LogP contribution is -2.39. The molecule has 5 nitrogen and oxygen atoms in total. The van der Waals surface area contributed by atoms with Crippen LogP contribution < -0.4 is 5.32 Å². The first kappa shape index (κ1) is 16.5. The molecule has 1 fully saturated rings. The van der Waals surface area contributed by atoms with Gasteiger partial charge in [-0.3, -0.25) is 14.6 Å². The molecule has 22 heavy (non-hydrogen) atoms. The molecule has 0 aliphatic carbocycles. The molecule has 0 aromatic carbocycles. The van der Waals surface area contributed by atoms with E-state index in [0.29, 0.717) is 31.0 Å². The van der Waals surface area contributed by atoms with Gasteiger partial charge in [0.25, 0.3) is 5.91 Å². The predicted molar refractivity (Wildman–Crippen MR) is 85.5 cm³/mol. The molecule has 2 atom stereocenters. The lowest BCUT2D eigenvalue weighted by molar-refractivity contribution is -0.122. The van der Waals surface area contributed by atoms with Crippen molar-refractivity contribution >= 4 is 11.8 Å². The Balaban J connectivity index is 1.85. The van der Waals surface area contributed by atoms with Crippen molar-refractivity contribution in [2.45, 2.75) is 46.1 Å². The fourth-order valence-electron chi connectivity index (χ4n) is 2.59. The minimum absolute atomic E-state index is 0.00817. The number of nitrogens with zero attached hydrogens (tertiary/aromatic N) is 2. The molecule has 1 unspecified atom stereocenters. The van der Waals surface area contributed by atoms with E-state index in [1.54, 1.807) is 17.2 Å². The first-order valence-electron chi connectivity index (χ1n) is 8.01. The number of pyridine rings is 1. The molecule has 2 heterocycles. The summed E-state index contributed by atoms with van der Waals surface area (Å²) < 4.78 is 0. The Morgan fingerprint density at radius 3 is 2.86 bits per heavy atom. The molecule has 0 saturated carbocycles. The van der Waals surface area contributed by atoms with Crippen LogP contribution in [0.5, 0.6) is 0 Å². The summed E-state index contributed by atoms with van der Waals surface area (Å²) >= 11 is 0. The van der Waals surface area contributed by atoms with E-state index in [4.69, 9.17) is 0 Å². The second kappa shape index (κ2) is 7.38. The highest BCUT2D eigenvalue weighted by molar-refractivity contribution is 5.94. The Morgan fingerprint density at radius 2 is 2.23 bits per heavy atom. The molecule has 1 aromatic heterocycles. The fourth-order valence-corrected chi connectivity index (χ4v) is 2.59. The molecule has 0 bridgehead atoms. The molecule has 1 aliphatic heterocycles. The zero-order chi connectivity index (χ0) is 16.1. The number of rotatable bonds is 5. The van der Waals surface area contributed by atoms with Crippen LogP contribution in [0.1, 0.15) is 49.2 Å². The topological polar surface area (TPSA) is 62.3 Å². The monoisotopic (exact) mass is 303 g/mol. The highest BCUT2D eigenvalue weighted by atomic mass is 16.2. The highest BCUT2D eigenvalue weighted by Gasteiger charge is 2.28. The van der Waals surface area contributed by atoms with Crippen molar-refractivity contribution in [1.82, 2.24) is 15.2 Å². The first-order chi connectivity index (χ1) is 10.5. The maximum absolute atomic E-state index is 12.4. The van der Waals surface area contributed by atoms with Crippen molar-refractivity contribution in [2.24, 2.45) is 5.92 Å². The average Bonchev–Trinajstić information content (AvgIpc) is 2.95. The van der Waals surface area contributed by atoms with E-state index in [-0.39, 0.29) is 17.9 Å². The molecular formula is C17H25N3O2. The van der Waals surface area contributed by atoms with Crippen LogP contribution in [0.15, 0.2) is 18.3 Å². The van der Waals surface area contributed by atoms with Gasteiger partial charge in [-0.05, 0) is 31.4 Å². The van der Waals surface area contributed by atoms with Crippen LogP contribution in [0.3, 0.4) is 0 Å². The summed E-state index contributed by atoms with van der Waals surface area (Å²) in [6.07, 6.45) is 4.00. The van der Waals surface area contributed by atoms with E-state index in [2.05, 4.69) is 24.1 Å². The molecule has 0 radical (unpaired) electrons. The largest absolute Gasteiger partial charge is 0.352 e. The summed E-state index contributed by atoms with van der Waals surface area (Å²) in [5.74, 6) is 0.481. The van der Waals surface area contributed by atoms with Crippen LogP contribution in [0.25, 0.3) is 0 Å². The van der Waals surface area contributed by atoms with E-state index < -0.39 is 0 Å². The van der Waals surface area contributed by atoms with E-state index in [1.807, 2.05) is 13.0 Å². The Labute approximate surface area is 132 Å². The maximum Gasteiger partial charge on any atom is 0.255 e. The molecule has 1 aromatic rings. The van der Waals surface area contributed by atoms with Gasteiger partial charge in [0.1, 0.15) is 0 Å². The third-order valence-electron chi connectivity index (χ3n) is 4.23. The van der Waals surface area contributed by atoms with Crippen LogP contribution in [0.2, 0.25) is 0 Å². The van der Waals surface area contributed by atoms with Gasteiger partial charge < -0.3 is 10.2 Å². The van der Waals surface area contributed by atoms with Crippen molar-refractivity contribution in [3.05, 3.63) is 29.6 Å². The lowest BCUT2D eigenvalue weighted by Gasteiger charge is -2.17. The summed E-state index contributed by atoms with van der Waals surface area (Å²) in [5, 5.41) is 3.04. The lowest BCUT2D eigenvalue weighted by atomic mass is 10.0. The van der Waals surface area contributed by atoms with Crippen molar-refractivity contribution < 1.29 is 9.59 Å². The van der Waals surface area contributed by atoms with E-state index in [9.17, 15) is 9.59 Å².